The number of anilines is 3. The second-order valence-corrected chi connectivity index (χ2v) is 16.3. The smallest absolute Gasteiger partial charge is 0.0546 e. The second kappa shape index (κ2) is 12.0. The molecule has 1 fully saturated rings. The first-order valence-corrected chi connectivity index (χ1v) is 19.4. The number of fused-ring (bicyclic) bond motifs is 7. The molecule has 8 aromatic rings. The van der Waals surface area contributed by atoms with Gasteiger partial charge in [0.1, 0.15) is 0 Å². The Hall–Kier alpha value is -5.18. The molecule has 2 heteroatoms. The van der Waals surface area contributed by atoms with Crippen LogP contribution in [0.5, 0.6) is 0 Å². The van der Waals surface area contributed by atoms with Gasteiger partial charge in [0.25, 0.3) is 0 Å². The van der Waals surface area contributed by atoms with Crippen LogP contribution in [0.3, 0.4) is 0 Å². The van der Waals surface area contributed by atoms with Crippen LogP contribution >= 0.6 is 11.3 Å². The second-order valence-electron chi connectivity index (χ2n) is 15.2. The van der Waals surface area contributed by atoms with Gasteiger partial charge in [-0.25, -0.2) is 0 Å². The Morgan fingerprint density at radius 3 is 2.06 bits per heavy atom. The highest BCUT2D eigenvalue weighted by molar-refractivity contribution is 7.25. The summed E-state index contributed by atoms with van der Waals surface area (Å²) in [5, 5.41) is 5.17. The van der Waals surface area contributed by atoms with Crippen molar-refractivity contribution in [1.29, 1.82) is 0 Å². The van der Waals surface area contributed by atoms with Crippen LogP contribution in [0.15, 0.2) is 146 Å². The van der Waals surface area contributed by atoms with Gasteiger partial charge in [0, 0.05) is 42.5 Å². The Kier molecular flexibility index (Phi) is 7.18. The van der Waals surface area contributed by atoms with E-state index < -0.39 is 0 Å². The van der Waals surface area contributed by atoms with Crippen molar-refractivity contribution < 1.29 is 0 Å². The molecule has 0 N–H and O–H groups in total. The molecule has 0 spiro atoms. The van der Waals surface area contributed by atoms with E-state index in [1.54, 1.807) is 0 Å². The van der Waals surface area contributed by atoms with Gasteiger partial charge in [0.05, 0.1) is 5.69 Å². The zero-order chi connectivity index (χ0) is 34.1. The third kappa shape index (κ3) is 5.03. The van der Waals surface area contributed by atoms with Gasteiger partial charge in [0.2, 0.25) is 0 Å². The molecule has 0 saturated heterocycles. The van der Waals surface area contributed by atoms with E-state index in [0.717, 1.165) is 0 Å². The van der Waals surface area contributed by atoms with Crippen molar-refractivity contribution in [3.63, 3.8) is 0 Å². The normalized spacial score (nSPS) is 15.3. The zero-order valence-corrected chi connectivity index (χ0v) is 30.1. The van der Waals surface area contributed by atoms with Crippen molar-refractivity contribution in [3.8, 4) is 22.3 Å². The van der Waals surface area contributed by atoms with E-state index in [4.69, 9.17) is 0 Å². The van der Waals surface area contributed by atoms with Gasteiger partial charge < -0.3 is 4.90 Å². The summed E-state index contributed by atoms with van der Waals surface area (Å²) >= 11 is 1.89. The third-order valence-electron chi connectivity index (χ3n) is 11.8. The minimum atomic E-state index is -0.0864. The Balaban J connectivity index is 1.20. The molecule has 1 heterocycles. The van der Waals surface area contributed by atoms with Crippen LogP contribution < -0.4 is 4.90 Å². The Bertz CT molecular complexity index is 2600. The summed E-state index contributed by atoms with van der Waals surface area (Å²) in [6.07, 6.45) is 6.67. The highest BCUT2D eigenvalue weighted by Gasteiger charge is 2.36. The molecule has 1 aromatic heterocycles. The first-order chi connectivity index (χ1) is 25.0. The summed E-state index contributed by atoms with van der Waals surface area (Å²) in [4.78, 5) is 2.53. The van der Waals surface area contributed by atoms with E-state index in [9.17, 15) is 0 Å². The zero-order valence-electron chi connectivity index (χ0n) is 29.3. The maximum atomic E-state index is 2.53. The molecule has 0 aliphatic heterocycles. The van der Waals surface area contributed by atoms with Crippen LogP contribution in [-0.2, 0) is 5.41 Å². The van der Waals surface area contributed by atoms with E-state index in [1.807, 2.05) is 11.3 Å². The van der Waals surface area contributed by atoms with Crippen molar-refractivity contribution in [2.75, 3.05) is 4.90 Å². The molecule has 1 nitrogen and oxygen atoms in total. The molecule has 10 rings (SSSR count). The van der Waals surface area contributed by atoms with Crippen LogP contribution in [-0.4, -0.2) is 0 Å². The lowest BCUT2D eigenvalue weighted by Crippen LogP contribution is -2.17. The summed E-state index contributed by atoms with van der Waals surface area (Å²) in [7, 11) is 0. The van der Waals surface area contributed by atoms with Gasteiger partial charge in [0.15, 0.2) is 0 Å². The highest BCUT2D eigenvalue weighted by atomic mass is 32.1. The summed E-state index contributed by atoms with van der Waals surface area (Å²) in [6, 6.07) is 55.3. The lowest BCUT2D eigenvalue weighted by molar-refractivity contribution is 0.443. The van der Waals surface area contributed by atoms with Crippen LogP contribution in [0.4, 0.5) is 17.1 Å². The van der Waals surface area contributed by atoms with E-state index >= 15 is 0 Å². The lowest BCUT2D eigenvalue weighted by Gasteiger charge is -2.31. The molecule has 2 aliphatic carbocycles. The van der Waals surface area contributed by atoms with Gasteiger partial charge in [-0.2, -0.15) is 0 Å². The molecule has 0 atom stereocenters. The van der Waals surface area contributed by atoms with Crippen LogP contribution in [0.1, 0.15) is 68.6 Å². The van der Waals surface area contributed by atoms with Crippen molar-refractivity contribution >= 4 is 59.3 Å². The van der Waals surface area contributed by atoms with Gasteiger partial charge in [-0.15, -0.1) is 11.3 Å². The van der Waals surface area contributed by atoms with Crippen molar-refractivity contribution in [2.45, 2.75) is 57.3 Å². The first kappa shape index (κ1) is 30.6. The SMILES string of the molecule is CC1(C)c2ccccc2-c2ccc(N(c3ccc(C4CCCCC4)cc3)c3cc4ccccc4cc3-c3ccc4c(c3)sc3ccccc34)cc21. The maximum Gasteiger partial charge on any atom is 0.0546 e. The van der Waals surface area contributed by atoms with Crippen molar-refractivity contribution in [2.24, 2.45) is 0 Å². The minimum Gasteiger partial charge on any atom is -0.310 e. The monoisotopic (exact) mass is 675 g/mol. The van der Waals surface area contributed by atoms with E-state index in [-0.39, 0.29) is 5.41 Å². The van der Waals surface area contributed by atoms with E-state index in [0.29, 0.717) is 5.92 Å². The summed E-state index contributed by atoms with van der Waals surface area (Å²) in [6.45, 7) is 4.76. The highest BCUT2D eigenvalue weighted by Crippen LogP contribution is 2.52. The number of hydrogen-bond acceptors (Lipinski definition) is 2. The number of thiophene rings is 1. The largest absolute Gasteiger partial charge is 0.310 e. The van der Waals surface area contributed by atoms with Gasteiger partial charge in [-0.3, -0.25) is 0 Å². The number of hydrogen-bond donors (Lipinski definition) is 0. The summed E-state index contributed by atoms with van der Waals surface area (Å²) < 4.78 is 2.66. The van der Waals surface area contributed by atoms with Gasteiger partial charge >= 0.3 is 0 Å². The average Bonchev–Trinajstić information content (AvgIpc) is 3.66. The molecule has 0 unspecified atom stereocenters. The molecule has 1 saturated carbocycles. The third-order valence-corrected chi connectivity index (χ3v) is 13.0. The fourth-order valence-electron chi connectivity index (χ4n) is 9.13. The fraction of sp³-hybridized carbons (Fsp3) is 0.184. The van der Waals surface area contributed by atoms with Crippen LogP contribution in [0.25, 0.3) is 53.2 Å². The molecular formula is C49H41NS. The van der Waals surface area contributed by atoms with Gasteiger partial charge in [-0.05, 0) is 111 Å². The molecular weight excluding hydrogens is 635 g/mol. The molecule has 7 aromatic carbocycles. The average molecular weight is 676 g/mol. The van der Waals surface area contributed by atoms with E-state index in [2.05, 4.69) is 164 Å². The summed E-state index contributed by atoms with van der Waals surface area (Å²) in [5.74, 6) is 0.671. The molecule has 51 heavy (non-hydrogen) atoms. The lowest BCUT2D eigenvalue weighted by atomic mass is 9.82. The van der Waals surface area contributed by atoms with Crippen LogP contribution in [0.2, 0.25) is 0 Å². The number of nitrogens with zero attached hydrogens (tertiary/aromatic N) is 1. The standard InChI is InChI=1S/C49H41NS/c1-49(2)44-18-10-8-16-39(44)40-27-25-38(31-45(40)49)50(37-23-20-33(21-24-37)32-12-4-3-5-13-32)46-29-35-15-7-6-14-34(35)28-43(46)36-22-26-42-41-17-9-11-19-47(41)51-48(42)30-36/h6-11,14-32H,3-5,12-13H2,1-2H3. The Morgan fingerprint density at radius 1 is 0.529 bits per heavy atom. The Morgan fingerprint density at radius 2 is 1.22 bits per heavy atom. The molecule has 0 bridgehead atoms. The van der Waals surface area contributed by atoms with Crippen molar-refractivity contribution in [3.05, 3.63) is 162 Å². The van der Waals surface area contributed by atoms with E-state index in [1.165, 1.54) is 119 Å². The van der Waals surface area contributed by atoms with Crippen molar-refractivity contribution in [1.82, 2.24) is 0 Å². The number of rotatable bonds is 5. The van der Waals surface area contributed by atoms with Crippen LogP contribution in [0, 0.1) is 0 Å². The fourth-order valence-corrected chi connectivity index (χ4v) is 10.3. The maximum absolute atomic E-state index is 2.53. The molecule has 0 amide bonds. The predicted molar refractivity (Wildman–Crippen MR) is 220 cm³/mol. The Labute approximate surface area is 304 Å². The molecule has 248 valence electrons. The first-order valence-electron chi connectivity index (χ1n) is 18.6. The van der Waals surface area contributed by atoms with Gasteiger partial charge in [-0.1, -0.05) is 130 Å². The topological polar surface area (TPSA) is 3.24 Å². The predicted octanol–water partition coefficient (Wildman–Crippen LogP) is 14.7. The quantitative estimate of drug-likeness (QED) is 0.175. The molecule has 0 radical (unpaired) electrons. The summed E-state index contributed by atoms with van der Waals surface area (Å²) in [5.41, 5.74) is 13.0. The minimum absolute atomic E-state index is 0.0864. The molecule has 2 aliphatic rings. The number of benzene rings is 7.